The second-order valence-corrected chi connectivity index (χ2v) is 6.70. The average molecular weight is 396 g/mol. The highest BCUT2D eigenvalue weighted by Gasteiger charge is 2.11. The van der Waals surface area contributed by atoms with E-state index < -0.39 is 0 Å². The summed E-state index contributed by atoms with van der Waals surface area (Å²) in [4.78, 5) is 12.5. The second kappa shape index (κ2) is 9.81. The van der Waals surface area contributed by atoms with E-state index in [0.29, 0.717) is 28.6 Å². The third-order valence-corrected chi connectivity index (χ3v) is 4.54. The van der Waals surface area contributed by atoms with Gasteiger partial charge in [0.25, 0.3) is 5.91 Å². The standard InChI is InChI=1S/C23H22ClNO3/c1-27-22-12-7-18(23(26)25-14-13-17-5-3-2-4-6-17)15-19(22)16-28-21-10-8-20(24)9-11-21/h2-12,15H,13-14,16H2,1H3,(H,25,26). The van der Waals surface area contributed by atoms with Crippen molar-refractivity contribution in [3.8, 4) is 11.5 Å². The first kappa shape index (κ1) is 19.8. The molecule has 3 aromatic carbocycles. The summed E-state index contributed by atoms with van der Waals surface area (Å²) in [6.07, 6.45) is 0.787. The molecule has 0 radical (unpaired) electrons. The van der Waals surface area contributed by atoms with Crippen molar-refractivity contribution >= 4 is 17.5 Å². The third kappa shape index (κ3) is 5.51. The normalized spacial score (nSPS) is 10.4. The summed E-state index contributed by atoms with van der Waals surface area (Å²) < 4.78 is 11.2. The van der Waals surface area contributed by atoms with E-state index in [-0.39, 0.29) is 12.5 Å². The summed E-state index contributed by atoms with van der Waals surface area (Å²) in [6, 6.07) is 22.5. The highest BCUT2D eigenvalue weighted by molar-refractivity contribution is 6.30. The fraction of sp³-hybridized carbons (Fsp3) is 0.174. The summed E-state index contributed by atoms with van der Waals surface area (Å²) in [5.74, 6) is 1.25. The van der Waals surface area contributed by atoms with Gasteiger partial charge in [-0.2, -0.15) is 0 Å². The van der Waals surface area contributed by atoms with E-state index in [4.69, 9.17) is 21.1 Å². The molecule has 0 aliphatic heterocycles. The SMILES string of the molecule is COc1ccc(C(=O)NCCc2ccccc2)cc1COc1ccc(Cl)cc1. The number of benzene rings is 3. The van der Waals surface area contributed by atoms with E-state index in [1.165, 1.54) is 5.56 Å². The Hall–Kier alpha value is -2.98. The molecule has 0 fully saturated rings. The second-order valence-electron chi connectivity index (χ2n) is 6.26. The van der Waals surface area contributed by atoms with E-state index in [9.17, 15) is 4.79 Å². The fourth-order valence-corrected chi connectivity index (χ4v) is 2.92. The number of hydrogen-bond acceptors (Lipinski definition) is 3. The van der Waals surface area contributed by atoms with E-state index in [2.05, 4.69) is 5.32 Å². The van der Waals surface area contributed by atoms with Crippen molar-refractivity contribution in [1.82, 2.24) is 5.32 Å². The van der Waals surface area contributed by atoms with Gasteiger partial charge in [-0.15, -0.1) is 0 Å². The Labute approximate surface area is 170 Å². The Morgan fingerprint density at radius 3 is 2.46 bits per heavy atom. The van der Waals surface area contributed by atoms with Crippen LogP contribution in [0, 0.1) is 0 Å². The van der Waals surface area contributed by atoms with E-state index in [1.807, 2.05) is 30.3 Å². The Morgan fingerprint density at radius 2 is 1.75 bits per heavy atom. The number of ether oxygens (including phenoxy) is 2. The lowest BCUT2D eigenvalue weighted by atomic mass is 10.1. The van der Waals surface area contributed by atoms with Crippen molar-refractivity contribution < 1.29 is 14.3 Å². The third-order valence-electron chi connectivity index (χ3n) is 4.29. The molecule has 4 nitrogen and oxygen atoms in total. The largest absolute Gasteiger partial charge is 0.496 e. The monoisotopic (exact) mass is 395 g/mol. The maximum absolute atomic E-state index is 12.5. The number of hydrogen-bond donors (Lipinski definition) is 1. The van der Waals surface area contributed by atoms with Gasteiger partial charge in [0.2, 0.25) is 0 Å². The van der Waals surface area contributed by atoms with Gasteiger partial charge in [0.15, 0.2) is 0 Å². The number of methoxy groups -OCH3 is 1. The molecule has 1 N–H and O–H groups in total. The molecular formula is C23H22ClNO3. The van der Waals surface area contributed by atoms with Gasteiger partial charge in [-0.1, -0.05) is 41.9 Å². The molecule has 0 aliphatic rings. The quantitative estimate of drug-likeness (QED) is 0.590. The van der Waals surface area contributed by atoms with Crippen LogP contribution in [0.25, 0.3) is 0 Å². The number of rotatable bonds is 8. The van der Waals surface area contributed by atoms with Crippen LogP contribution in [-0.2, 0) is 13.0 Å². The first-order valence-corrected chi connectivity index (χ1v) is 9.41. The van der Waals surface area contributed by atoms with Gasteiger partial charge in [0, 0.05) is 22.7 Å². The maximum Gasteiger partial charge on any atom is 0.251 e. The predicted molar refractivity (Wildman–Crippen MR) is 111 cm³/mol. The van der Waals surface area contributed by atoms with Crippen molar-refractivity contribution in [3.63, 3.8) is 0 Å². The minimum Gasteiger partial charge on any atom is -0.496 e. The van der Waals surface area contributed by atoms with Gasteiger partial charge >= 0.3 is 0 Å². The zero-order chi connectivity index (χ0) is 19.8. The lowest BCUT2D eigenvalue weighted by Gasteiger charge is -2.12. The molecule has 0 heterocycles. The summed E-state index contributed by atoms with van der Waals surface area (Å²) in [6.45, 7) is 0.863. The van der Waals surface area contributed by atoms with Crippen LogP contribution in [0.15, 0.2) is 72.8 Å². The van der Waals surface area contributed by atoms with E-state index in [1.54, 1.807) is 49.6 Å². The number of halogens is 1. The molecule has 0 saturated carbocycles. The van der Waals surface area contributed by atoms with Crippen LogP contribution >= 0.6 is 11.6 Å². The minimum atomic E-state index is -0.119. The fourth-order valence-electron chi connectivity index (χ4n) is 2.79. The minimum absolute atomic E-state index is 0.119. The molecule has 0 aliphatic carbocycles. The first-order valence-electron chi connectivity index (χ1n) is 9.03. The molecule has 0 spiro atoms. The van der Waals surface area contributed by atoms with E-state index in [0.717, 1.165) is 12.0 Å². The van der Waals surface area contributed by atoms with Gasteiger partial charge in [0.1, 0.15) is 18.1 Å². The first-order chi connectivity index (χ1) is 13.7. The smallest absolute Gasteiger partial charge is 0.251 e. The van der Waals surface area contributed by atoms with Crippen LogP contribution in [-0.4, -0.2) is 19.6 Å². The predicted octanol–water partition coefficient (Wildman–Crippen LogP) is 4.90. The Kier molecular flexibility index (Phi) is 6.93. The molecule has 144 valence electrons. The highest BCUT2D eigenvalue weighted by atomic mass is 35.5. The van der Waals surface area contributed by atoms with Gasteiger partial charge in [-0.25, -0.2) is 0 Å². The molecule has 0 bridgehead atoms. The van der Waals surface area contributed by atoms with Crippen molar-refractivity contribution in [3.05, 3.63) is 94.5 Å². The summed E-state index contributed by atoms with van der Waals surface area (Å²) in [5, 5.41) is 3.61. The zero-order valence-corrected chi connectivity index (χ0v) is 16.4. The van der Waals surface area contributed by atoms with Crippen molar-refractivity contribution in [2.45, 2.75) is 13.0 Å². The molecule has 28 heavy (non-hydrogen) atoms. The number of carbonyl (C=O) groups is 1. The lowest BCUT2D eigenvalue weighted by Crippen LogP contribution is -2.25. The average Bonchev–Trinajstić information content (AvgIpc) is 2.74. The van der Waals surface area contributed by atoms with Gasteiger partial charge in [-0.3, -0.25) is 4.79 Å². The number of carbonyl (C=O) groups excluding carboxylic acids is 1. The molecule has 3 rings (SSSR count). The Morgan fingerprint density at radius 1 is 1.00 bits per heavy atom. The molecular weight excluding hydrogens is 374 g/mol. The summed E-state index contributed by atoms with van der Waals surface area (Å²) >= 11 is 5.89. The number of nitrogens with one attached hydrogen (secondary N) is 1. The van der Waals surface area contributed by atoms with Crippen LogP contribution in [0.4, 0.5) is 0 Å². The topological polar surface area (TPSA) is 47.6 Å². The van der Waals surface area contributed by atoms with Crippen molar-refractivity contribution in [2.75, 3.05) is 13.7 Å². The van der Waals surface area contributed by atoms with Crippen LogP contribution < -0.4 is 14.8 Å². The molecule has 0 unspecified atom stereocenters. The van der Waals surface area contributed by atoms with E-state index >= 15 is 0 Å². The van der Waals surface area contributed by atoms with Crippen LogP contribution in [0.5, 0.6) is 11.5 Å². The van der Waals surface area contributed by atoms with Crippen LogP contribution in [0.2, 0.25) is 5.02 Å². The van der Waals surface area contributed by atoms with Crippen molar-refractivity contribution in [2.24, 2.45) is 0 Å². The summed E-state index contributed by atoms with van der Waals surface area (Å²) in [5.41, 5.74) is 2.56. The van der Waals surface area contributed by atoms with Gasteiger partial charge < -0.3 is 14.8 Å². The Bertz CT molecular complexity index is 911. The lowest BCUT2D eigenvalue weighted by molar-refractivity contribution is 0.0954. The van der Waals surface area contributed by atoms with Crippen LogP contribution in [0.3, 0.4) is 0 Å². The Balaban J connectivity index is 1.62. The molecule has 3 aromatic rings. The highest BCUT2D eigenvalue weighted by Crippen LogP contribution is 2.23. The molecule has 0 saturated heterocycles. The molecule has 0 aromatic heterocycles. The van der Waals surface area contributed by atoms with Gasteiger partial charge in [-0.05, 0) is 54.4 Å². The molecule has 0 atom stereocenters. The molecule has 1 amide bonds. The zero-order valence-electron chi connectivity index (χ0n) is 15.7. The molecule has 5 heteroatoms. The van der Waals surface area contributed by atoms with Crippen molar-refractivity contribution in [1.29, 1.82) is 0 Å². The van der Waals surface area contributed by atoms with Crippen LogP contribution in [0.1, 0.15) is 21.5 Å². The van der Waals surface area contributed by atoms with Gasteiger partial charge in [0.05, 0.1) is 7.11 Å². The number of amides is 1. The summed E-state index contributed by atoms with van der Waals surface area (Å²) in [7, 11) is 1.60. The maximum atomic E-state index is 12.5.